The zero-order chi connectivity index (χ0) is 12.4. The first-order valence-corrected chi connectivity index (χ1v) is 6.34. The van der Waals surface area contributed by atoms with E-state index >= 15 is 0 Å². The zero-order valence-electron chi connectivity index (χ0n) is 9.84. The van der Waals surface area contributed by atoms with Gasteiger partial charge in [0, 0.05) is 15.6 Å². The van der Waals surface area contributed by atoms with Crippen LogP contribution in [0.1, 0.15) is 18.2 Å². The van der Waals surface area contributed by atoms with Gasteiger partial charge in [-0.25, -0.2) is 0 Å². The number of aromatic nitrogens is 1. The highest BCUT2D eigenvalue weighted by molar-refractivity contribution is 9.10. The van der Waals surface area contributed by atoms with Crippen LogP contribution in [-0.4, -0.2) is 17.6 Å². The number of carbonyl (C=O) groups excluding carboxylic acids is 1. The van der Waals surface area contributed by atoms with Crippen molar-refractivity contribution in [1.82, 2.24) is 4.98 Å². The fraction of sp³-hybridized carbons (Fsp3) is 0.308. The van der Waals surface area contributed by atoms with Crippen molar-refractivity contribution in [3.63, 3.8) is 0 Å². The predicted octanol–water partition coefficient (Wildman–Crippen LogP) is 3.34. The second-order valence-corrected chi connectivity index (χ2v) is 4.73. The van der Waals surface area contributed by atoms with Crippen LogP contribution in [-0.2, 0) is 16.0 Å². The Labute approximate surface area is 108 Å². The Balaban J connectivity index is 2.43. The van der Waals surface area contributed by atoms with Crippen LogP contribution in [0.3, 0.4) is 0 Å². The van der Waals surface area contributed by atoms with Crippen LogP contribution in [0.5, 0.6) is 0 Å². The van der Waals surface area contributed by atoms with Crippen molar-refractivity contribution in [3.05, 3.63) is 33.9 Å². The molecule has 0 spiro atoms. The lowest BCUT2D eigenvalue weighted by molar-refractivity contribution is -0.142. The summed E-state index contributed by atoms with van der Waals surface area (Å²) < 4.78 is 5.99. The summed E-state index contributed by atoms with van der Waals surface area (Å²) in [4.78, 5) is 14.8. The Morgan fingerprint density at radius 2 is 2.24 bits per heavy atom. The van der Waals surface area contributed by atoms with Crippen LogP contribution in [0.25, 0.3) is 10.9 Å². The molecular weight excluding hydrogens is 282 g/mol. The topological polar surface area (TPSA) is 42.1 Å². The highest BCUT2D eigenvalue weighted by Gasteiger charge is 2.14. The van der Waals surface area contributed by atoms with E-state index in [1.807, 2.05) is 32.0 Å². The first-order valence-electron chi connectivity index (χ1n) is 5.54. The van der Waals surface area contributed by atoms with Crippen LogP contribution in [0, 0.1) is 6.92 Å². The minimum absolute atomic E-state index is 0.184. The van der Waals surface area contributed by atoms with Gasteiger partial charge in [0.15, 0.2) is 0 Å². The summed E-state index contributed by atoms with van der Waals surface area (Å²) in [6, 6.07) is 5.96. The van der Waals surface area contributed by atoms with Crippen LogP contribution in [0.15, 0.2) is 22.7 Å². The van der Waals surface area contributed by atoms with Crippen LogP contribution in [0.2, 0.25) is 0 Å². The smallest absolute Gasteiger partial charge is 0.310 e. The molecule has 0 fully saturated rings. The quantitative estimate of drug-likeness (QED) is 0.883. The Morgan fingerprint density at radius 3 is 2.94 bits per heavy atom. The van der Waals surface area contributed by atoms with Gasteiger partial charge in [-0.05, 0) is 41.4 Å². The molecule has 1 aromatic carbocycles. The van der Waals surface area contributed by atoms with Gasteiger partial charge >= 0.3 is 5.97 Å². The molecule has 4 heteroatoms. The fourth-order valence-electron chi connectivity index (χ4n) is 1.95. The van der Waals surface area contributed by atoms with E-state index in [4.69, 9.17) is 4.74 Å². The molecule has 0 saturated heterocycles. The number of carbonyl (C=O) groups is 1. The summed E-state index contributed by atoms with van der Waals surface area (Å²) in [6.45, 7) is 4.21. The number of nitrogens with one attached hydrogen (secondary N) is 1. The molecule has 0 aliphatic heterocycles. The van der Waals surface area contributed by atoms with E-state index in [-0.39, 0.29) is 5.97 Å². The Kier molecular flexibility index (Phi) is 3.52. The third kappa shape index (κ3) is 2.36. The summed E-state index contributed by atoms with van der Waals surface area (Å²) in [5, 5.41) is 1.07. The van der Waals surface area contributed by atoms with E-state index in [1.54, 1.807) is 0 Å². The molecule has 3 nitrogen and oxygen atoms in total. The van der Waals surface area contributed by atoms with E-state index in [0.29, 0.717) is 13.0 Å². The minimum atomic E-state index is -0.184. The van der Waals surface area contributed by atoms with Crippen molar-refractivity contribution in [2.45, 2.75) is 20.3 Å². The van der Waals surface area contributed by atoms with Gasteiger partial charge in [0.25, 0.3) is 0 Å². The Hall–Kier alpha value is -1.29. The van der Waals surface area contributed by atoms with Gasteiger partial charge in [0.2, 0.25) is 0 Å². The molecule has 0 saturated carbocycles. The highest BCUT2D eigenvalue weighted by Crippen LogP contribution is 2.28. The van der Waals surface area contributed by atoms with Crippen molar-refractivity contribution in [3.8, 4) is 0 Å². The van der Waals surface area contributed by atoms with Crippen molar-refractivity contribution in [2.24, 2.45) is 0 Å². The molecule has 0 bridgehead atoms. The highest BCUT2D eigenvalue weighted by atomic mass is 79.9. The molecule has 0 aliphatic carbocycles. The van der Waals surface area contributed by atoms with Crippen molar-refractivity contribution in [2.75, 3.05) is 6.61 Å². The number of ether oxygens (including phenoxy) is 1. The zero-order valence-corrected chi connectivity index (χ0v) is 11.4. The maximum Gasteiger partial charge on any atom is 0.310 e. The summed E-state index contributed by atoms with van der Waals surface area (Å²) in [5.74, 6) is -0.184. The molecule has 0 atom stereocenters. The molecule has 0 aliphatic rings. The third-order valence-electron chi connectivity index (χ3n) is 2.73. The van der Waals surface area contributed by atoms with Gasteiger partial charge in [-0.2, -0.15) is 0 Å². The summed E-state index contributed by atoms with van der Waals surface area (Å²) in [5.41, 5.74) is 3.06. The average molecular weight is 296 g/mol. The Bertz CT molecular complexity index is 560. The second-order valence-electron chi connectivity index (χ2n) is 3.87. The molecule has 0 radical (unpaired) electrons. The van der Waals surface area contributed by atoms with Gasteiger partial charge in [0.05, 0.1) is 18.5 Å². The first kappa shape index (κ1) is 12.2. The number of aryl methyl sites for hydroxylation is 1. The summed E-state index contributed by atoms with van der Waals surface area (Å²) >= 11 is 3.49. The number of halogens is 1. The van der Waals surface area contributed by atoms with Gasteiger partial charge < -0.3 is 9.72 Å². The van der Waals surface area contributed by atoms with E-state index in [2.05, 4.69) is 20.9 Å². The minimum Gasteiger partial charge on any atom is -0.466 e. The number of para-hydroxylation sites is 1. The van der Waals surface area contributed by atoms with Gasteiger partial charge in [-0.15, -0.1) is 0 Å². The van der Waals surface area contributed by atoms with Crippen molar-refractivity contribution >= 4 is 32.8 Å². The van der Waals surface area contributed by atoms with Crippen molar-refractivity contribution < 1.29 is 9.53 Å². The molecular formula is C13H14BrNO2. The number of H-pyrrole nitrogens is 1. The monoisotopic (exact) mass is 295 g/mol. The largest absolute Gasteiger partial charge is 0.466 e. The lowest BCUT2D eigenvalue weighted by Crippen LogP contribution is -2.07. The predicted molar refractivity (Wildman–Crippen MR) is 71.1 cm³/mol. The normalized spacial score (nSPS) is 10.8. The van der Waals surface area contributed by atoms with E-state index in [0.717, 1.165) is 26.6 Å². The summed E-state index contributed by atoms with van der Waals surface area (Å²) in [7, 11) is 0. The molecule has 2 rings (SSSR count). The van der Waals surface area contributed by atoms with Crippen molar-refractivity contribution in [1.29, 1.82) is 0 Å². The van der Waals surface area contributed by atoms with Crippen LogP contribution >= 0.6 is 15.9 Å². The van der Waals surface area contributed by atoms with Gasteiger partial charge in [-0.1, -0.05) is 12.1 Å². The number of benzene rings is 1. The number of fused-ring (bicyclic) bond motifs is 1. The number of aromatic amines is 1. The number of rotatable bonds is 3. The molecule has 1 N–H and O–H groups in total. The first-order chi connectivity index (χ1) is 8.13. The standard InChI is InChI=1S/C13H14BrNO2/c1-3-17-12(16)7-10-8(2)15-13-9(10)5-4-6-11(13)14/h4-6,15H,3,7H2,1-2H3. The molecule has 2 aromatic rings. The lowest BCUT2D eigenvalue weighted by atomic mass is 10.1. The van der Waals surface area contributed by atoms with E-state index < -0.39 is 0 Å². The Morgan fingerprint density at radius 1 is 1.47 bits per heavy atom. The lowest BCUT2D eigenvalue weighted by Gasteiger charge is -2.02. The number of esters is 1. The third-order valence-corrected chi connectivity index (χ3v) is 3.39. The number of hydrogen-bond donors (Lipinski definition) is 1. The maximum atomic E-state index is 11.5. The molecule has 90 valence electrons. The molecule has 1 aromatic heterocycles. The van der Waals surface area contributed by atoms with Gasteiger partial charge in [-0.3, -0.25) is 4.79 Å². The van der Waals surface area contributed by atoms with Crippen LogP contribution in [0.4, 0.5) is 0 Å². The molecule has 0 unspecified atom stereocenters. The van der Waals surface area contributed by atoms with E-state index in [9.17, 15) is 4.79 Å². The van der Waals surface area contributed by atoms with Crippen LogP contribution < -0.4 is 0 Å². The maximum absolute atomic E-state index is 11.5. The molecule has 0 amide bonds. The summed E-state index contributed by atoms with van der Waals surface area (Å²) in [6.07, 6.45) is 0.316. The average Bonchev–Trinajstić information content (AvgIpc) is 2.58. The number of hydrogen-bond acceptors (Lipinski definition) is 2. The second kappa shape index (κ2) is 4.92. The van der Waals surface area contributed by atoms with E-state index in [1.165, 1.54) is 0 Å². The SMILES string of the molecule is CCOC(=O)Cc1c(C)[nH]c2c(Br)cccc12. The van der Waals surface area contributed by atoms with Gasteiger partial charge in [0.1, 0.15) is 0 Å². The molecule has 17 heavy (non-hydrogen) atoms. The molecule has 1 heterocycles. The fourth-order valence-corrected chi connectivity index (χ4v) is 2.42.